The second-order valence-electron chi connectivity index (χ2n) is 12.7. The number of aromatic nitrogens is 2. The fourth-order valence-corrected chi connectivity index (χ4v) is 8.80. The molecular formula is C40H36N2Si2. The van der Waals surface area contributed by atoms with Gasteiger partial charge in [-0.3, -0.25) is 0 Å². The fourth-order valence-electron chi connectivity index (χ4n) is 6.88. The Hall–Kier alpha value is -4.65. The van der Waals surface area contributed by atoms with E-state index in [0.29, 0.717) is 0 Å². The zero-order valence-electron chi connectivity index (χ0n) is 25.8. The average molecular weight is 601 g/mol. The van der Waals surface area contributed by atoms with E-state index in [9.17, 15) is 0 Å². The molecule has 0 amide bonds. The van der Waals surface area contributed by atoms with Gasteiger partial charge in [-0.25, -0.2) is 0 Å². The minimum Gasteiger partial charge on any atom is -0.309 e. The van der Waals surface area contributed by atoms with Crippen molar-refractivity contribution in [1.29, 1.82) is 0 Å². The van der Waals surface area contributed by atoms with Gasteiger partial charge in [-0.15, -0.1) is 0 Å². The molecule has 2 aromatic heterocycles. The van der Waals surface area contributed by atoms with Crippen LogP contribution in [0.4, 0.5) is 0 Å². The van der Waals surface area contributed by atoms with Gasteiger partial charge in [-0.2, -0.15) is 0 Å². The van der Waals surface area contributed by atoms with Crippen molar-refractivity contribution in [3.63, 3.8) is 0 Å². The molecule has 4 heteroatoms. The normalized spacial score (nSPS) is 12.0. The van der Waals surface area contributed by atoms with Crippen molar-refractivity contribution in [2.24, 2.45) is 0 Å². The molecule has 0 saturated carbocycles. The Bertz CT molecular complexity index is 2150. The third kappa shape index (κ3) is 4.28. The van der Waals surface area contributed by atoms with Crippen LogP contribution in [-0.2, 0) is 0 Å². The number of nitrogens with zero attached hydrogens (tertiary/aromatic N) is 2. The van der Waals surface area contributed by atoms with Gasteiger partial charge in [0.05, 0.1) is 39.7 Å². The zero-order chi connectivity index (χ0) is 29.9. The van der Waals surface area contributed by atoms with E-state index in [0.717, 1.165) is 0 Å². The van der Waals surface area contributed by atoms with Gasteiger partial charge in [-0.05, 0) is 71.8 Å². The molecule has 0 N–H and O–H groups in total. The van der Waals surface area contributed by atoms with Crippen LogP contribution in [-0.4, -0.2) is 26.7 Å². The Morgan fingerprint density at radius 1 is 0.364 bits per heavy atom. The standard InChI is InChI=1S/C40H36N2Si2/c1-43(2)31-19-15-29(16-20-31)41-37-11-7-5-9-33(37)35-25-27(13-23-39(35)41)28-14-24-40-36(26-28)34-10-6-8-12-38(34)42(40)30-17-21-32(22-18-30)44(3)4/h5-26,43-44H,1-4H3. The third-order valence-electron chi connectivity index (χ3n) is 9.31. The molecule has 0 spiro atoms. The van der Waals surface area contributed by atoms with E-state index < -0.39 is 17.6 Å². The fraction of sp³-hybridized carbons (Fsp3) is 0.100. The Balaban J connectivity index is 1.29. The van der Waals surface area contributed by atoms with Crippen molar-refractivity contribution in [3.8, 4) is 22.5 Å². The quantitative estimate of drug-likeness (QED) is 0.175. The Morgan fingerprint density at radius 2 is 0.727 bits per heavy atom. The molecule has 0 fully saturated rings. The molecule has 0 aliphatic heterocycles. The number of hydrogen-bond acceptors (Lipinski definition) is 0. The first-order valence-corrected chi connectivity index (χ1v) is 21.5. The maximum atomic E-state index is 2.42. The van der Waals surface area contributed by atoms with Crippen molar-refractivity contribution >= 4 is 71.6 Å². The zero-order valence-corrected chi connectivity index (χ0v) is 28.1. The second-order valence-corrected chi connectivity index (χ2v) is 18.6. The van der Waals surface area contributed by atoms with Crippen LogP contribution < -0.4 is 10.4 Å². The van der Waals surface area contributed by atoms with Gasteiger partial charge in [0.15, 0.2) is 0 Å². The summed E-state index contributed by atoms with van der Waals surface area (Å²) < 4.78 is 4.84. The lowest BCUT2D eigenvalue weighted by Gasteiger charge is -2.11. The van der Waals surface area contributed by atoms with Crippen molar-refractivity contribution in [3.05, 3.63) is 133 Å². The Labute approximate surface area is 262 Å². The number of benzene rings is 6. The van der Waals surface area contributed by atoms with Gasteiger partial charge in [0.2, 0.25) is 0 Å². The number of hydrogen-bond donors (Lipinski definition) is 0. The molecule has 0 unspecified atom stereocenters. The first-order chi connectivity index (χ1) is 21.5. The molecule has 0 atom stereocenters. The molecule has 0 aliphatic rings. The molecule has 0 saturated heterocycles. The summed E-state index contributed by atoms with van der Waals surface area (Å²) in [6.07, 6.45) is 0. The molecule has 214 valence electrons. The van der Waals surface area contributed by atoms with Crippen LogP contribution in [0.1, 0.15) is 0 Å². The van der Waals surface area contributed by atoms with Crippen molar-refractivity contribution in [2.75, 3.05) is 0 Å². The largest absolute Gasteiger partial charge is 0.309 e. The summed E-state index contributed by atoms with van der Waals surface area (Å²) >= 11 is 0. The van der Waals surface area contributed by atoms with Crippen molar-refractivity contribution in [2.45, 2.75) is 26.2 Å². The molecule has 8 rings (SSSR count). The summed E-state index contributed by atoms with van der Waals surface area (Å²) in [6, 6.07) is 50.1. The van der Waals surface area contributed by atoms with Gasteiger partial charge in [-0.1, -0.05) is 109 Å². The van der Waals surface area contributed by atoms with Crippen LogP contribution in [0.5, 0.6) is 0 Å². The molecule has 0 radical (unpaired) electrons. The lowest BCUT2D eigenvalue weighted by atomic mass is 10.0. The summed E-state index contributed by atoms with van der Waals surface area (Å²) in [5, 5.41) is 8.16. The van der Waals surface area contributed by atoms with E-state index in [4.69, 9.17) is 0 Å². The van der Waals surface area contributed by atoms with Gasteiger partial charge >= 0.3 is 0 Å². The number of fused-ring (bicyclic) bond motifs is 6. The van der Waals surface area contributed by atoms with Gasteiger partial charge < -0.3 is 9.13 Å². The van der Waals surface area contributed by atoms with Crippen LogP contribution in [0.15, 0.2) is 133 Å². The molecule has 2 nitrogen and oxygen atoms in total. The predicted molar refractivity (Wildman–Crippen MR) is 198 cm³/mol. The predicted octanol–water partition coefficient (Wildman–Crippen LogP) is 8.94. The minimum atomic E-state index is -0.835. The van der Waals surface area contributed by atoms with E-state index >= 15 is 0 Å². The SMILES string of the molecule is C[SiH](C)c1ccc(-n2c3ccccc3c3cc(-c4ccc5c(c4)c4ccccc4n5-c4ccc([SiH](C)C)cc4)ccc32)cc1. The highest BCUT2D eigenvalue weighted by atomic mass is 28.3. The van der Waals surface area contributed by atoms with E-state index in [1.165, 1.54) is 76.5 Å². The van der Waals surface area contributed by atoms with Gasteiger partial charge in [0, 0.05) is 32.9 Å². The smallest absolute Gasteiger partial charge is 0.0647 e. The van der Waals surface area contributed by atoms with Gasteiger partial charge in [0.25, 0.3) is 0 Å². The Morgan fingerprint density at radius 3 is 1.11 bits per heavy atom. The first kappa shape index (κ1) is 26.9. The highest BCUT2D eigenvalue weighted by Gasteiger charge is 2.16. The summed E-state index contributed by atoms with van der Waals surface area (Å²) in [5.74, 6) is 0. The van der Waals surface area contributed by atoms with E-state index in [2.05, 4.69) is 169 Å². The molecule has 44 heavy (non-hydrogen) atoms. The molecule has 8 aromatic rings. The number of rotatable bonds is 5. The molecule has 2 heterocycles. The van der Waals surface area contributed by atoms with Crippen LogP contribution >= 0.6 is 0 Å². The van der Waals surface area contributed by atoms with Crippen LogP contribution in [0.25, 0.3) is 66.1 Å². The second kappa shape index (κ2) is 10.5. The van der Waals surface area contributed by atoms with Gasteiger partial charge in [0.1, 0.15) is 0 Å². The summed E-state index contributed by atoms with van der Waals surface area (Å²) in [6.45, 7) is 9.55. The Kier molecular flexibility index (Phi) is 6.44. The first-order valence-electron chi connectivity index (χ1n) is 15.8. The monoisotopic (exact) mass is 600 g/mol. The van der Waals surface area contributed by atoms with Crippen LogP contribution in [0.3, 0.4) is 0 Å². The van der Waals surface area contributed by atoms with Crippen molar-refractivity contribution in [1.82, 2.24) is 9.13 Å². The number of para-hydroxylation sites is 2. The van der Waals surface area contributed by atoms with E-state index in [1.807, 2.05) is 0 Å². The third-order valence-corrected chi connectivity index (χ3v) is 12.8. The van der Waals surface area contributed by atoms with Crippen LogP contribution in [0, 0.1) is 0 Å². The van der Waals surface area contributed by atoms with Crippen molar-refractivity contribution < 1.29 is 0 Å². The highest BCUT2D eigenvalue weighted by molar-refractivity contribution is 6.71. The topological polar surface area (TPSA) is 9.86 Å². The van der Waals surface area contributed by atoms with E-state index in [1.54, 1.807) is 0 Å². The maximum Gasteiger partial charge on any atom is 0.0647 e. The molecule has 0 bridgehead atoms. The average Bonchev–Trinajstić information content (AvgIpc) is 3.57. The lowest BCUT2D eigenvalue weighted by Crippen LogP contribution is -2.21. The summed E-state index contributed by atoms with van der Waals surface area (Å²) in [4.78, 5) is 0. The molecule has 0 aliphatic carbocycles. The molecular weight excluding hydrogens is 565 g/mol. The van der Waals surface area contributed by atoms with E-state index in [-0.39, 0.29) is 0 Å². The minimum absolute atomic E-state index is 0.835. The lowest BCUT2D eigenvalue weighted by molar-refractivity contribution is 1.18. The summed E-state index contributed by atoms with van der Waals surface area (Å²) in [7, 11) is -1.67. The molecule has 6 aromatic carbocycles. The highest BCUT2D eigenvalue weighted by Crippen LogP contribution is 2.38. The maximum absolute atomic E-state index is 2.42. The van der Waals surface area contributed by atoms with Crippen LogP contribution in [0.2, 0.25) is 26.2 Å². The summed E-state index contributed by atoms with van der Waals surface area (Å²) in [5.41, 5.74) is 9.92.